The molecular weight excluding hydrogens is 446 g/mol. The molecular formula is C22H19N5O3S2. The van der Waals surface area contributed by atoms with Crippen LogP contribution in [0.25, 0.3) is 23.2 Å². The van der Waals surface area contributed by atoms with E-state index in [1.807, 2.05) is 72.3 Å². The maximum atomic E-state index is 13.0. The summed E-state index contributed by atoms with van der Waals surface area (Å²) >= 11 is 3.00. The van der Waals surface area contributed by atoms with Gasteiger partial charge in [-0.15, -0.1) is 27.8 Å². The van der Waals surface area contributed by atoms with Crippen LogP contribution < -0.4 is 5.32 Å². The lowest BCUT2D eigenvalue weighted by Gasteiger charge is -2.13. The zero-order chi connectivity index (χ0) is 22.3. The minimum absolute atomic E-state index is 0.107. The number of ether oxygens (including phenoxy) is 1. The van der Waals surface area contributed by atoms with E-state index < -0.39 is 18.5 Å². The quantitative estimate of drug-likeness (QED) is 0.313. The first-order valence-electron chi connectivity index (χ1n) is 9.71. The first-order valence-corrected chi connectivity index (χ1v) is 11.5. The zero-order valence-electron chi connectivity index (χ0n) is 17.0. The Hall–Kier alpha value is -3.63. The van der Waals surface area contributed by atoms with Gasteiger partial charge in [-0.1, -0.05) is 42.5 Å². The molecule has 0 saturated heterocycles. The predicted molar refractivity (Wildman–Crippen MR) is 124 cm³/mol. The fourth-order valence-corrected chi connectivity index (χ4v) is 4.31. The fourth-order valence-electron chi connectivity index (χ4n) is 2.93. The van der Waals surface area contributed by atoms with Gasteiger partial charge >= 0.3 is 5.97 Å². The SMILES string of the molecule is CC(NC(=O)COC(=O)/C(=C/c1cccs1)n1nnnc1-c1ccccc1)c1cccs1. The number of nitrogens with zero attached hydrogens (tertiary/aromatic N) is 4. The van der Waals surface area contributed by atoms with Crippen molar-refractivity contribution in [2.75, 3.05) is 6.61 Å². The van der Waals surface area contributed by atoms with Crippen molar-refractivity contribution in [1.82, 2.24) is 25.5 Å². The van der Waals surface area contributed by atoms with Crippen molar-refractivity contribution in [3.8, 4) is 11.4 Å². The van der Waals surface area contributed by atoms with Gasteiger partial charge in [0.15, 0.2) is 18.1 Å². The molecule has 162 valence electrons. The van der Waals surface area contributed by atoms with E-state index in [0.29, 0.717) is 5.82 Å². The Bertz CT molecular complexity index is 1200. The van der Waals surface area contributed by atoms with Crippen LogP contribution in [-0.2, 0) is 14.3 Å². The summed E-state index contributed by atoms with van der Waals surface area (Å²) in [6.45, 7) is 1.46. The zero-order valence-corrected chi connectivity index (χ0v) is 18.7. The number of hydrogen-bond donors (Lipinski definition) is 1. The average molecular weight is 466 g/mol. The largest absolute Gasteiger partial charge is 0.451 e. The number of carbonyl (C=O) groups is 2. The third-order valence-electron chi connectivity index (χ3n) is 4.44. The molecule has 4 aromatic rings. The summed E-state index contributed by atoms with van der Waals surface area (Å²) in [7, 11) is 0. The Balaban J connectivity index is 1.53. The van der Waals surface area contributed by atoms with Gasteiger partial charge in [-0.25, -0.2) is 4.79 Å². The second kappa shape index (κ2) is 10.1. The van der Waals surface area contributed by atoms with E-state index in [4.69, 9.17) is 4.74 Å². The van der Waals surface area contributed by atoms with E-state index >= 15 is 0 Å². The Morgan fingerprint density at radius 3 is 2.59 bits per heavy atom. The maximum Gasteiger partial charge on any atom is 0.357 e. The molecule has 0 aliphatic carbocycles. The molecule has 0 saturated carbocycles. The second-order valence-corrected chi connectivity index (χ2v) is 8.66. The van der Waals surface area contributed by atoms with Crippen LogP contribution in [0.4, 0.5) is 0 Å². The van der Waals surface area contributed by atoms with Crippen molar-refractivity contribution in [2.45, 2.75) is 13.0 Å². The highest BCUT2D eigenvalue weighted by Gasteiger charge is 2.22. The van der Waals surface area contributed by atoms with Gasteiger partial charge in [0.05, 0.1) is 6.04 Å². The van der Waals surface area contributed by atoms with E-state index in [1.54, 1.807) is 17.4 Å². The van der Waals surface area contributed by atoms with Gasteiger partial charge in [-0.05, 0) is 46.3 Å². The number of aromatic nitrogens is 4. The third kappa shape index (κ3) is 5.16. The number of rotatable bonds is 8. The molecule has 1 amide bonds. The van der Waals surface area contributed by atoms with Crippen LogP contribution in [0.15, 0.2) is 65.4 Å². The summed E-state index contributed by atoms with van der Waals surface area (Å²) in [5.41, 5.74) is 0.848. The summed E-state index contributed by atoms with van der Waals surface area (Å²) in [5, 5.41) is 18.4. The third-order valence-corrected chi connectivity index (χ3v) is 6.32. The first kappa shape index (κ1) is 21.6. The van der Waals surface area contributed by atoms with E-state index in [0.717, 1.165) is 15.3 Å². The molecule has 10 heteroatoms. The number of thiophene rings is 2. The summed E-state index contributed by atoms with van der Waals surface area (Å²) in [5.74, 6) is -0.711. The van der Waals surface area contributed by atoms with Crippen LogP contribution in [0, 0.1) is 0 Å². The van der Waals surface area contributed by atoms with Crippen molar-refractivity contribution >= 4 is 46.3 Å². The molecule has 0 bridgehead atoms. The van der Waals surface area contributed by atoms with Crippen molar-refractivity contribution in [1.29, 1.82) is 0 Å². The van der Waals surface area contributed by atoms with Gasteiger partial charge < -0.3 is 10.1 Å². The molecule has 0 fully saturated rings. The average Bonchev–Trinajstić information content (AvgIpc) is 3.58. The lowest BCUT2D eigenvalue weighted by Crippen LogP contribution is -2.31. The Labute approximate surface area is 192 Å². The molecule has 8 nitrogen and oxygen atoms in total. The minimum atomic E-state index is -0.707. The molecule has 32 heavy (non-hydrogen) atoms. The molecule has 1 unspecified atom stereocenters. The van der Waals surface area contributed by atoms with Crippen LogP contribution >= 0.6 is 22.7 Å². The van der Waals surface area contributed by atoms with Gasteiger partial charge in [0.1, 0.15) is 0 Å². The Kier molecular flexibility index (Phi) is 6.83. The van der Waals surface area contributed by atoms with Crippen molar-refractivity contribution < 1.29 is 14.3 Å². The standard InChI is InChI=1S/C22H19N5O3S2/c1-15(19-10-6-12-32-19)23-20(28)14-30-22(29)18(13-17-9-5-11-31-17)27-21(24-25-26-27)16-7-3-2-4-8-16/h2-13,15H,14H2,1H3,(H,23,28)/b18-13-. The van der Waals surface area contributed by atoms with Crippen LogP contribution in [0.2, 0.25) is 0 Å². The molecule has 1 aromatic carbocycles. The topological polar surface area (TPSA) is 99.0 Å². The molecule has 0 radical (unpaired) electrons. The molecule has 4 rings (SSSR count). The number of carbonyl (C=O) groups excluding carboxylic acids is 2. The van der Waals surface area contributed by atoms with E-state index in [9.17, 15) is 9.59 Å². The molecule has 0 aliphatic rings. The first-order chi connectivity index (χ1) is 15.6. The summed E-state index contributed by atoms with van der Waals surface area (Å²) in [6.07, 6.45) is 1.64. The number of benzene rings is 1. The lowest BCUT2D eigenvalue weighted by molar-refractivity contribution is -0.143. The van der Waals surface area contributed by atoms with Gasteiger partial charge in [-0.2, -0.15) is 4.68 Å². The number of amides is 1. The predicted octanol–water partition coefficient (Wildman–Crippen LogP) is 3.88. The van der Waals surface area contributed by atoms with Gasteiger partial charge in [0, 0.05) is 15.3 Å². The number of tetrazole rings is 1. The highest BCUT2D eigenvalue weighted by atomic mass is 32.1. The van der Waals surface area contributed by atoms with Gasteiger partial charge in [-0.3, -0.25) is 4.79 Å². The van der Waals surface area contributed by atoms with E-state index in [1.165, 1.54) is 16.0 Å². The second-order valence-electron chi connectivity index (χ2n) is 6.71. The van der Waals surface area contributed by atoms with Crippen molar-refractivity contribution in [3.05, 3.63) is 75.1 Å². The van der Waals surface area contributed by atoms with Crippen LogP contribution in [0.1, 0.15) is 22.7 Å². The summed E-state index contributed by atoms with van der Waals surface area (Å²) < 4.78 is 6.64. The highest BCUT2D eigenvalue weighted by Crippen LogP contribution is 2.23. The van der Waals surface area contributed by atoms with E-state index in [-0.39, 0.29) is 11.7 Å². The molecule has 0 aliphatic heterocycles. The molecule has 1 N–H and O–H groups in total. The number of esters is 1. The smallest absolute Gasteiger partial charge is 0.357 e. The molecule has 3 aromatic heterocycles. The van der Waals surface area contributed by atoms with Crippen molar-refractivity contribution in [2.24, 2.45) is 0 Å². The van der Waals surface area contributed by atoms with Crippen LogP contribution in [0.5, 0.6) is 0 Å². The molecule has 1 atom stereocenters. The normalized spacial score (nSPS) is 12.3. The highest BCUT2D eigenvalue weighted by molar-refractivity contribution is 7.11. The van der Waals surface area contributed by atoms with Crippen molar-refractivity contribution in [3.63, 3.8) is 0 Å². The van der Waals surface area contributed by atoms with Gasteiger partial charge in [0.2, 0.25) is 0 Å². The summed E-state index contributed by atoms with van der Waals surface area (Å²) in [6, 6.07) is 16.7. The fraction of sp³-hybridized carbons (Fsp3) is 0.136. The summed E-state index contributed by atoms with van der Waals surface area (Å²) in [4.78, 5) is 27.1. The van der Waals surface area contributed by atoms with Crippen LogP contribution in [-0.4, -0.2) is 38.7 Å². The number of hydrogen-bond acceptors (Lipinski definition) is 8. The van der Waals surface area contributed by atoms with Crippen LogP contribution in [0.3, 0.4) is 0 Å². The Morgan fingerprint density at radius 2 is 1.88 bits per heavy atom. The minimum Gasteiger partial charge on any atom is -0.451 e. The number of nitrogens with one attached hydrogen (secondary N) is 1. The monoisotopic (exact) mass is 465 g/mol. The maximum absolute atomic E-state index is 13.0. The van der Waals surface area contributed by atoms with E-state index in [2.05, 4.69) is 20.8 Å². The lowest BCUT2D eigenvalue weighted by atomic mass is 10.2. The molecule has 3 heterocycles. The Morgan fingerprint density at radius 1 is 1.09 bits per heavy atom. The van der Waals surface area contributed by atoms with Gasteiger partial charge in [0.25, 0.3) is 5.91 Å². The molecule has 0 spiro atoms.